The maximum absolute atomic E-state index is 12.5. The Hall–Kier alpha value is -2.43. The van der Waals surface area contributed by atoms with Crippen LogP contribution in [-0.2, 0) is 17.9 Å². The van der Waals surface area contributed by atoms with Crippen LogP contribution in [0, 0.1) is 0 Å². The number of aromatic nitrogens is 1. The molecular formula is C20H19ClN2O2. The van der Waals surface area contributed by atoms with Gasteiger partial charge in [-0.05, 0) is 48.4 Å². The van der Waals surface area contributed by atoms with Crippen molar-refractivity contribution in [3.05, 3.63) is 76.4 Å². The fourth-order valence-corrected chi connectivity index (χ4v) is 2.76. The first-order valence-electron chi connectivity index (χ1n) is 8.16. The number of nitrogens with zero attached hydrogens (tertiary/aromatic N) is 1. The highest BCUT2D eigenvalue weighted by molar-refractivity contribution is 6.29. The molecule has 3 aromatic rings. The third kappa shape index (κ3) is 4.35. The number of benzene rings is 2. The average Bonchev–Trinajstić information content (AvgIpc) is 2.64. The van der Waals surface area contributed by atoms with Gasteiger partial charge in [0.2, 0.25) is 0 Å². The smallest absolute Gasteiger partial charge is 0.251 e. The molecule has 1 aromatic heterocycles. The molecule has 0 bridgehead atoms. The first-order chi connectivity index (χ1) is 12.2. The van der Waals surface area contributed by atoms with Crippen LogP contribution in [0.2, 0.25) is 5.15 Å². The number of fused-ring (bicyclic) bond motifs is 1. The summed E-state index contributed by atoms with van der Waals surface area (Å²) in [5.41, 5.74) is 3.51. The quantitative estimate of drug-likeness (QED) is 0.669. The van der Waals surface area contributed by atoms with Gasteiger partial charge in [0.15, 0.2) is 0 Å². The third-order valence-corrected chi connectivity index (χ3v) is 4.15. The molecule has 25 heavy (non-hydrogen) atoms. The lowest BCUT2D eigenvalue weighted by atomic mass is 10.1. The van der Waals surface area contributed by atoms with Gasteiger partial charge < -0.3 is 10.1 Å². The zero-order valence-corrected chi connectivity index (χ0v) is 14.7. The van der Waals surface area contributed by atoms with Crippen LogP contribution in [0.25, 0.3) is 10.9 Å². The number of pyridine rings is 1. The summed E-state index contributed by atoms with van der Waals surface area (Å²) in [6.45, 7) is 3.63. The minimum absolute atomic E-state index is 0.122. The standard InChI is InChI=1S/C20H19ClN2O2/c1-2-25-13-17-6-4-3-5-16(17)12-22-20(24)15-7-9-18-14(11-15)8-10-19(21)23-18/h3-11H,2,12-13H2,1H3,(H,22,24). The van der Waals surface area contributed by atoms with E-state index in [4.69, 9.17) is 16.3 Å². The SMILES string of the molecule is CCOCc1ccccc1CNC(=O)c1ccc2nc(Cl)ccc2c1. The number of ether oxygens (including phenoxy) is 1. The summed E-state index contributed by atoms with van der Waals surface area (Å²) in [5, 5.41) is 4.29. The van der Waals surface area contributed by atoms with Crippen LogP contribution in [0.5, 0.6) is 0 Å². The summed E-state index contributed by atoms with van der Waals surface area (Å²) in [7, 11) is 0. The fourth-order valence-electron chi connectivity index (χ4n) is 2.60. The van der Waals surface area contributed by atoms with Gasteiger partial charge >= 0.3 is 0 Å². The zero-order chi connectivity index (χ0) is 17.6. The molecule has 1 amide bonds. The van der Waals surface area contributed by atoms with E-state index in [1.54, 1.807) is 18.2 Å². The van der Waals surface area contributed by atoms with Gasteiger partial charge in [-0.1, -0.05) is 35.9 Å². The molecule has 3 rings (SSSR count). The van der Waals surface area contributed by atoms with Crippen LogP contribution >= 0.6 is 11.6 Å². The molecule has 0 fully saturated rings. The predicted octanol–water partition coefficient (Wildman–Crippen LogP) is 4.35. The monoisotopic (exact) mass is 354 g/mol. The summed E-state index contributed by atoms with van der Waals surface area (Å²) in [6.07, 6.45) is 0. The van der Waals surface area contributed by atoms with Gasteiger partial charge in [0.25, 0.3) is 5.91 Å². The van der Waals surface area contributed by atoms with Gasteiger partial charge in [0.1, 0.15) is 5.15 Å². The molecule has 0 aliphatic rings. The largest absolute Gasteiger partial charge is 0.377 e. The highest BCUT2D eigenvalue weighted by Gasteiger charge is 2.09. The van der Waals surface area contributed by atoms with Crippen molar-refractivity contribution in [2.75, 3.05) is 6.61 Å². The van der Waals surface area contributed by atoms with E-state index in [0.29, 0.717) is 30.5 Å². The van der Waals surface area contributed by atoms with Crippen LogP contribution in [0.3, 0.4) is 0 Å². The maximum Gasteiger partial charge on any atom is 0.251 e. The lowest BCUT2D eigenvalue weighted by Gasteiger charge is -2.11. The number of carbonyl (C=O) groups is 1. The van der Waals surface area contributed by atoms with Crippen molar-refractivity contribution in [2.24, 2.45) is 0 Å². The molecule has 5 heteroatoms. The van der Waals surface area contributed by atoms with Crippen molar-refractivity contribution in [3.8, 4) is 0 Å². The normalized spacial score (nSPS) is 10.8. The Balaban J connectivity index is 1.72. The number of carbonyl (C=O) groups excluding carboxylic acids is 1. The van der Waals surface area contributed by atoms with Crippen LogP contribution in [0.1, 0.15) is 28.4 Å². The van der Waals surface area contributed by atoms with Gasteiger partial charge in [0, 0.05) is 24.1 Å². The zero-order valence-electron chi connectivity index (χ0n) is 14.0. The summed E-state index contributed by atoms with van der Waals surface area (Å²) in [6, 6.07) is 16.9. The van der Waals surface area contributed by atoms with Gasteiger partial charge in [-0.15, -0.1) is 0 Å². The second-order valence-electron chi connectivity index (χ2n) is 5.63. The van der Waals surface area contributed by atoms with E-state index >= 15 is 0 Å². The highest BCUT2D eigenvalue weighted by Crippen LogP contribution is 2.17. The molecule has 0 aliphatic carbocycles. The molecule has 0 unspecified atom stereocenters. The number of rotatable bonds is 6. The molecule has 0 radical (unpaired) electrons. The van der Waals surface area contributed by atoms with Gasteiger partial charge in [0.05, 0.1) is 12.1 Å². The van der Waals surface area contributed by atoms with E-state index in [1.807, 2.05) is 43.3 Å². The van der Waals surface area contributed by atoms with Crippen molar-refractivity contribution in [1.29, 1.82) is 0 Å². The number of hydrogen-bond acceptors (Lipinski definition) is 3. The van der Waals surface area contributed by atoms with Gasteiger partial charge in [-0.3, -0.25) is 4.79 Å². The Morgan fingerprint density at radius 3 is 2.72 bits per heavy atom. The average molecular weight is 355 g/mol. The summed E-state index contributed by atoms with van der Waals surface area (Å²) < 4.78 is 5.48. The van der Waals surface area contributed by atoms with E-state index in [-0.39, 0.29) is 5.91 Å². The van der Waals surface area contributed by atoms with Gasteiger partial charge in [-0.2, -0.15) is 0 Å². The van der Waals surface area contributed by atoms with E-state index in [0.717, 1.165) is 22.0 Å². The molecule has 0 aliphatic heterocycles. The van der Waals surface area contributed by atoms with E-state index in [9.17, 15) is 4.79 Å². The first-order valence-corrected chi connectivity index (χ1v) is 8.54. The second-order valence-corrected chi connectivity index (χ2v) is 6.02. The van der Waals surface area contributed by atoms with Crippen LogP contribution < -0.4 is 5.32 Å². The first kappa shape index (κ1) is 17.4. The number of nitrogens with one attached hydrogen (secondary N) is 1. The van der Waals surface area contributed by atoms with E-state index in [1.165, 1.54) is 0 Å². The Morgan fingerprint density at radius 2 is 1.92 bits per heavy atom. The molecule has 0 atom stereocenters. The Bertz CT molecular complexity index is 896. The number of amides is 1. The number of hydrogen-bond donors (Lipinski definition) is 1. The summed E-state index contributed by atoms with van der Waals surface area (Å²) in [4.78, 5) is 16.7. The van der Waals surface area contributed by atoms with Crippen molar-refractivity contribution in [2.45, 2.75) is 20.1 Å². The van der Waals surface area contributed by atoms with E-state index < -0.39 is 0 Å². The fraction of sp³-hybridized carbons (Fsp3) is 0.200. The van der Waals surface area contributed by atoms with Crippen molar-refractivity contribution >= 4 is 28.4 Å². The number of halogens is 1. The highest BCUT2D eigenvalue weighted by atomic mass is 35.5. The van der Waals surface area contributed by atoms with Gasteiger partial charge in [-0.25, -0.2) is 4.98 Å². The molecule has 1 heterocycles. The lowest BCUT2D eigenvalue weighted by Crippen LogP contribution is -2.23. The maximum atomic E-state index is 12.5. The molecule has 0 saturated heterocycles. The molecule has 2 aromatic carbocycles. The predicted molar refractivity (Wildman–Crippen MR) is 99.7 cm³/mol. The summed E-state index contributed by atoms with van der Waals surface area (Å²) in [5.74, 6) is -0.122. The van der Waals surface area contributed by atoms with Crippen molar-refractivity contribution in [3.63, 3.8) is 0 Å². The Morgan fingerprint density at radius 1 is 1.12 bits per heavy atom. The van der Waals surface area contributed by atoms with Crippen LogP contribution in [-0.4, -0.2) is 17.5 Å². The molecule has 4 nitrogen and oxygen atoms in total. The third-order valence-electron chi connectivity index (χ3n) is 3.94. The molecule has 0 spiro atoms. The summed E-state index contributed by atoms with van der Waals surface area (Å²) >= 11 is 5.89. The van der Waals surface area contributed by atoms with Crippen molar-refractivity contribution < 1.29 is 9.53 Å². The molecule has 128 valence electrons. The lowest BCUT2D eigenvalue weighted by molar-refractivity contribution is 0.0950. The minimum Gasteiger partial charge on any atom is -0.377 e. The van der Waals surface area contributed by atoms with Crippen LogP contribution in [0.15, 0.2) is 54.6 Å². The second kappa shape index (κ2) is 8.10. The molecule has 0 saturated carbocycles. The minimum atomic E-state index is -0.122. The molecular weight excluding hydrogens is 336 g/mol. The van der Waals surface area contributed by atoms with Crippen LogP contribution in [0.4, 0.5) is 0 Å². The Labute approximate surface area is 151 Å². The topological polar surface area (TPSA) is 51.2 Å². The van der Waals surface area contributed by atoms with E-state index in [2.05, 4.69) is 10.3 Å². The Kier molecular flexibility index (Phi) is 5.64. The van der Waals surface area contributed by atoms with Crippen molar-refractivity contribution in [1.82, 2.24) is 10.3 Å². The molecule has 1 N–H and O–H groups in total.